The normalized spacial score (nSPS) is 14.4. The molecule has 2 unspecified atom stereocenters. The van der Waals surface area contributed by atoms with Crippen molar-refractivity contribution in [1.29, 1.82) is 0 Å². The molecular weight excluding hydrogens is 214 g/mol. The minimum absolute atomic E-state index is 0.156. The van der Waals surface area contributed by atoms with E-state index in [0.29, 0.717) is 0 Å². The molecule has 1 aromatic carbocycles. The molecular formula is C14H23NO2. The van der Waals surface area contributed by atoms with Gasteiger partial charge in [0, 0.05) is 13.2 Å². The Kier molecular flexibility index (Phi) is 6.01. The molecule has 0 aromatic heterocycles. The molecule has 0 bridgehead atoms. The van der Waals surface area contributed by atoms with E-state index in [2.05, 4.69) is 13.0 Å². The van der Waals surface area contributed by atoms with Crippen LogP contribution >= 0.6 is 0 Å². The second-order valence-corrected chi connectivity index (χ2v) is 4.40. The average Bonchev–Trinajstić information content (AvgIpc) is 2.36. The highest BCUT2D eigenvalue weighted by molar-refractivity contribution is 5.33. The first kappa shape index (κ1) is 14.0. The summed E-state index contributed by atoms with van der Waals surface area (Å²) in [6.07, 6.45) is 3.08. The van der Waals surface area contributed by atoms with Gasteiger partial charge in [0.1, 0.15) is 5.75 Å². The maximum atomic E-state index is 6.12. The lowest BCUT2D eigenvalue weighted by molar-refractivity contribution is 0.107. The largest absolute Gasteiger partial charge is 0.496 e. The zero-order valence-corrected chi connectivity index (χ0v) is 11.0. The van der Waals surface area contributed by atoms with Gasteiger partial charge in [0.25, 0.3) is 0 Å². The summed E-state index contributed by atoms with van der Waals surface area (Å²) < 4.78 is 10.5. The van der Waals surface area contributed by atoms with E-state index in [1.807, 2.05) is 18.2 Å². The molecule has 0 aliphatic rings. The molecule has 2 atom stereocenters. The number of hydrogen-bond donors (Lipinski definition) is 1. The molecule has 96 valence electrons. The summed E-state index contributed by atoms with van der Waals surface area (Å²) in [5.41, 5.74) is 7.29. The van der Waals surface area contributed by atoms with Crippen molar-refractivity contribution < 1.29 is 9.47 Å². The van der Waals surface area contributed by atoms with E-state index in [0.717, 1.165) is 25.0 Å². The third-order valence-electron chi connectivity index (χ3n) is 3.02. The van der Waals surface area contributed by atoms with Crippen LogP contribution in [0.3, 0.4) is 0 Å². The summed E-state index contributed by atoms with van der Waals surface area (Å²) in [7, 11) is 3.42. The van der Waals surface area contributed by atoms with Gasteiger partial charge in [0.05, 0.1) is 13.2 Å². The minimum atomic E-state index is 0.156. The predicted octanol–water partition coefficient (Wildman–Crippen LogP) is 2.38. The van der Waals surface area contributed by atoms with Gasteiger partial charge in [-0.25, -0.2) is 0 Å². The van der Waals surface area contributed by atoms with Crippen LogP contribution in [0.4, 0.5) is 0 Å². The number of rotatable bonds is 7. The molecule has 0 aliphatic heterocycles. The highest BCUT2D eigenvalue weighted by Gasteiger charge is 2.10. The van der Waals surface area contributed by atoms with Crippen LogP contribution < -0.4 is 10.5 Å². The van der Waals surface area contributed by atoms with Gasteiger partial charge in [0.15, 0.2) is 0 Å². The van der Waals surface area contributed by atoms with Crippen LogP contribution in [-0.4, -0.2) is 26.4 Å². The molecule has 2 N–H and O–H groups in total. The van der Waals surface area contributed by atoms with E-state index in [1.54, 1.807) is 14.2 Å². The molecule has 0 saturated carbocycles. The van der Waals surface area contributed by atoms with Crippen molar-refractivity contribution >= 4 is 0 Å². The van der Waals surface area contributed by atoms with E-state index < -0.39 is 0 Å². The van der Waals surface area contributed by atoms with Crippen LogP contribution in [0, 0.1) is 0 Å². The fourth-order valence-electron chi connectivity index (χ4n) is 1.82. The van der Waals surface area contributed by atoms with Gasteiger partial charge < -0.3 is 15.2 Å². The van der Waals surface area contributed by atoms with Crippen molar-refractivity contribution in [3.63, 3.8) is 0 Å². The maximum Gasteiger partial charge on any atom is 0.122 e. The molecule has 0 saturated heterocycles. The SMILES string of the molecule is COc1ccccc1CC(N)CCC(C)OC. The summed E-state index contributed by atoms with van der Waals surface area (Å²) in [5.74, 6) is 0.919. The van der Waals surface area contributed by atoms with Gasteiger partial charge in [-0.15, -0.1) is 0 Å². The molecule has 0 aliphatic carbocycles. The summed E-state index contributed by atoms with van der Waals surface area (Å²) >= 11 is 0. The van der Waals surface area contributed by atoms with Crippen molar-refractivity contribution in [2.24, 2.45) is 5.73 Å². The molecule has 17 heavy (non-hydrogen) atoms. The van der Waals surface area contributed by atoms with E-state index in [1.165, 1.54) is 5.56 Å². The molecule has 0 fully saturated rings. The lowest BCUT2D eigenvalue weighted by Gasteiger charge is -2.16. The fourth-order valence-corrected chi connectivity index (χ4v) is 1.82. The second kappa shape index (κ2) is 7.30. The zero-order valence-electron chi connectivity index (χ0n) is 11.0. The summed E-state index contributed by atoms with van der Waals surface area (Å²) in [6.45, 7) is 2.07. The lowest BCUT2D eigenvalue weighted by atomic mass is 10.0. The third-order valence-corrected chi connectivity index (χ3v) is 3.02. The predicted molar refractivity (Wildman–Crippen MR) is 70.4 cm³/mol. The van der Waals surface area contributed by atoms with Crippen molar-refractivity contribution in [1.82, 2.24) is 0 Å². The number of methoxy groups -OCH3 is 2. The highest BCUT2D eigenvalue weighted by atomic mass is 16.5. The van der Waals surface area contributed by atoms with Gasteiger partial charge in [-0.1, -0.05) is 18.2 Å². The van der Waals surface area contributed by atoms with Gasteiger partial charge in [-0.3, -0.25) is 0 Å². The van der Waals surface area contributed by atoms with Crippen molar-refractivity contribution in [2.45, 2.75) is 38.3 Å². The zero-order chi connectivity index (χ0) is 12.7. The highest BCUT2D eigenvalue weighted by Crippen LogP contribution is 2.19. The van der Waals surface area contributed by atoms with Crippen LogP contribution in [0.2, 0.25) is 0 Å². The first-order valence-electron chi connectivity index (χ1n) is 6.07. The van der Waals surface area contributed by atoms with Crippen LogP contribution in [0.25, 0.3) is 0 Å². The van der Waals surface area contributed by atoms with Gasteiger partial charge >= 0.3 is 0 Å². The fraction of sp³-hybridized carbons (Fsp3) is 0.571. The van der Waals surface area contributed by atoms with E-state index in [9.17, 15) is 0 Å². The molecule has 0 radical (unpaired) electrons. The topological polar surface area (TPSA) is 44.5 Å². The van der Waals surface area contributed by atoms with Gasteiger partial charge in [-0.05, 0) is 37.8 Å². The Balaban J connectivity index is 2.47. The molecule has 1 aromatic rings. The second-order valence-electron chi connectivity index (χ2n) is 4.40. The molecule has 1 rings (SSSR count). The Morgan fingerprint density at radius 3 is 2.53 bits per heavy atom. The van der Waals surface area contributed by atoms with E-state index >= 15 is 0 Å². The number of nitrogens with two attached hydrogens (primary N) is 1. The van der Waals surface area contributed by atoms with E-state index in [4.69, 9.17) is 15.2 Å². The first-order valence-corrected chi connectivity index (χ1v) is 6.07. The Morgan fingerprint density at radius 1 is 1.18 bits per heavy atom. The molecule has 0 heterocycles. The monoisotopic (exact) mass is 237 g/mol. The third kappa shape index (κ3) is 4.75. The Morgan fingerprint density at radius 2 is 1.88 bits per heavy atom. The Bertz CT molecular complexity index is 328. The van der Waals surface area contributed by atoms with E-state index in [-0.39, 0.29) is 12.1 Å². The number of benzene rings is 1. The lowest BCUT2D eigenvalue weighted by Crippen LogP contribution is -2.24. The van der Waals surface area contributed by atoms with Crippen molar-refractivity contribution in [2.75, 3.05) is 14.2 Å². The number of hydrogen-bond acceptors (Lipinski definition) is 3. The minimum Gasteiger partial charge on any atom is -0.496 e. The average molecular weight is 237 g/mol. The Hall–Kier alpha value is -1.06. The number of para-hydroxylation sites is 1. The van der Waals surface area contributed by atoms with Gasteiger partial charge in [0.2, 0.25) is 0 Å². The van der Waals surface area contributed by atoms with Crippen molar-refractivity contribution in [3.05, 3.63) is 29.8 Å². The first-order chi connectivity index (χ1) is 8.17. The van der Waals surface area contributed by atoms with Gasteiger partial charge in [-0.2, -0.15) is 0 Å². The molecule has 0 amide bonds. The maximum absolute atomic E-state index is 6.12. The summed E-state index contributed by atoms with van der Waals surface area (Å²) in [5, 5.41) is 0. The quantitative estimate of drug-likeness (QED) is 0.792. The van der Waals surface area contributed by atoms with Crippen LogP contribution in [0.5, 0.6) is 5.75 Å². The standard InChI is InChI=1S/C14H23NO2/c1-11(16-2)8-9-13(15)10-12-6-4-5-7-14(12)17-3/h4-7,11,13H,8-10,15H2,1-3H3. The molecule has 3 nitrogen and oxygen atoms in total. The van der Waals surface area contributed by atoms with Crippen LogP contribution in [0.15, 0.2) is 24.3 Å². The van der Waals surface area contributed by atoms with Crippen LogP contribution in [-0.2, 0) is 11.2 Å². The smallest absolute Gasteiger partial charge is 0.122 e. The summed E-state index contributed by atoms with van der Waals surface area (Å²) in [6, 6.07) is 8.19. The Labute approximate surface area is 104 Å². The van der Waals surface area contributed by atoms with Crippen LogP contribution in [0.1, 0.15) is 25.3 Å². The summed E-state index contributed by atoms with van der Waals surface area (Å²) in [4.78, 5) is 0. The molecule has 0 spiro atoms. The number of ether oxygens (including phenoxy) is 2. The van der Waals surface area contributed by atoms with Crippen molar-refractivity contribution in [3.8, 4) is 5.75 Å². The molecule has 3 heteroatoms.